The minimum atomic E-state index is -0.379. The molecule has 180 valence electrons. The molecule has 2 aromatic heterocycles. The van der Waals surface area contributed by atoms with Gasteiger partial charge in [-0.05, 0) is 74.9 Å². The first-order valence-corrected chi connectivity index (χ1v) is 12.2. The standard InChI is InChI=1S/C27H26ClFN4O2/c1-17-23(13-19(28)15-30-17)26(34)31-21-11-9-18(10-12-21)16-32-24-7-2-3-8-25(24)33(27(32)35)22-6-4-5-20(29)14-22/h2-8,13-15,18,21H,9-12,16H2,1H3,(H,31,34)/t18-,21-. The lowest BCUT2D eigenvalue weighted by molar-refractivity contribution is 0.0919. The van der Waals surface area contributed by atoms with Crippen LogP contribution in [0.4, 0.5) is 4.39 Å². The van der Waals surface area contributed by atoms with Gasteiger partial charge in [-0.3, -0.25) is 18.9 Å². The molecule has 35 heavy (non-hydrogen) atoms. The molecule has 1 fully saturated rings. The van der Waals surface area contributed by atoms with E-state index in [1.807, 2.05) is 24.3 Å². The highest BCUT2D eigenvalue weighted by Gasteiger charge is 2.25. The number of halogens is 2. The van der Waals surface area contributed by atoms with E-state index in [2.05, 4.69) is 10.3 Å². The lowest BCUT2D eigenvalue weighted by Gasteiger charge is -2.29. The van der Waals surface area contributed by atoms with Crippen LogP contribution >= 0.6 is 11.6 Å². The number of amides is 1. The number of pyridine rings is 1. The fourth-order valence-electron chi connectivity index (χ4n) is 5.00. The molecule has 8 heteroatoms. The molecule has 6 nitrogen and oxygen atoms in total. The molecule has 1 aliphatic carbocycles. The molecule has 0 aliphatic heterocycles. The van der Waals surface area contributed by atoms with Gasteiger partial charge in [0.15, 0.2) is 0 Å². The summed E-state index contributed by atoms with van der Waals surface area (Å²) in [7, 11) is 0. The molecule has 4 aromatic rings. The van der Waals surface area contributed by atoms with Crippen molar-refractivity contribution in [3.63, 3.8) is 0 Å². The summed E-state index contributed by atoms with van der Waals surface area (Å²) in [5.41, 5.74) is 3.08. The van der Waals surface area contributed by atoms with Gasteiger partial charge in [0.2, 0.25) is 0 Å². The number of hydrogen-bond acceptors (Lipinski definition) is 3. The number of fused-ring (bicyclic) bond motifs is 1. The summed E-state index contributed by atoms with van der Waals surface area (Å²) in [5.74, 6) is -0.229. The van der Waals surface area contributed by atoms with Crippen LogP contribution in [-0.4, -0.2) is 26.1 Å². The van der Waals surface area contributed by atoms with E-state index in [0.717, 1.165) is 36.7 Å². The highest BCUT2D eigenvalue weighted by molar-refractivity contribution is 6.30. The molecule has 1 N–H and O–H groups in total. The average molecular weight is 493 g/mol. The van der Waals surface area contributed by atoms with Gasteiger partial charge in [-0.1, -0.05) is 29.8 Å². The molecule has 0 saturated heterocycles. The fraction of sp³-hybridized carbons (Fsp3) is 0.296. The zero-order chi connectivity index (χ0) is 24.5. The Morgan fingerprint density at radius 3 is 2.57 bits per heavy atom. The first-order valence-electron chi connectivity index (χ1n) is 11.8. The lowest BCUT2D eigenvalue weighted by atomic mass is 9.85. The number of nitrogens with one attached hydrogen (secondary N) is 1. The van der Waals surface area contributed by atoms with Crippen LogP contribution in [0.1, 0.15) is 41.7 Å². The van der Waals surface area contributed by atoms with Crippen molar-refractivity contribution >= 4 is 28.5 Å². The van der Waals surface area contributed by atoms with Gasteiger partial charge in [0.05, 0.1) is 33.0 Å². The number of aryl methyl sites for hydroxylation is 1. The Labute approximate surface area is 207 Å². The lowest BCUT2D eigenvalue weighted by Crippen LogP contribution is -2.39. The van der Waals surface area contributed by atoms with Gasteiger partial charge in [0, 0.05) is 18.8 Å². The second-order valence-electron chi connectivity index (χ2n) is 9.17. The largest absolute Gasteiger partial charge is 0.349 e. The van der Waals surface area contributed by atoms with Crippen molar-refractivity contribution in [2.45, 2.75) is 45.2 Å². The van der Waals surface area contributed by atoms with Crippen LogP contribution in [-0.2, 0) is 6.54 Å². The maximum Gasteiger partial charge on any atom is 0.333 e. The SMILES string of the molecule is Cc1ncc(Cl)cc1C(=O)N[C@H]1CC[C@H](Cn2c(=O)n(-c3cccc(F)c3)c3ccccc32)CC1. The molecule has 0 unspecified atom stereocenters. The summed E-state index contributed by atoms with van der Waals surface area (Å²) in [6.07, 6.45) is 4.99. The molecule has 5 rings (SSSR count). The zero-order valence-electron chi connectivity index (χ0n) is 19.4. The van der Waals surface area contributed by atoms with Crippen LogP contribution < -0.4 is 11.0 Å². The first kappa shape index (κ1) is 23.3. The predicted molar refractivity (Wildman–Crippen MR) is 135 cm³/mol. The van der Waals surface area contributed by atoms with E-state index in [1.165, 1.54) is 18.3 Å². The van der Waals surface area contributed by atoms with Crippen molar-refractivity contribution in [3.05, 3.63) is 93.4 Å². The minimum Gasteiger partial charge on any atom is -0.349 e. The van der Waals surface area contributed by atoms with Gasteiger partial charge in [-0.2, -0.15) is 0 Å². The van der Waals surface area contributed by atoms with Gasteiger partial charge in [-0.25, -0.2) is 9.18 Å². The molecule has 0 radical (unpaired) electrons. The van der Waals surface area contributed by atoms with E-state index in [9.17, 15) is 14.0 Å². The van der Waals surface area contributed by atoms with Crippen LogP contribution in [0.15, 0.2) is 65.6 Å². The third kappa shape index (κ3) is 4.73. The van der Waals surface area contributed by atoms with Crippen molar-refractivity contribution in [1.82, 2.24) is 19.4 Å². The van der Waals surface area contributed by atoms with E-state index in [4.69, 9.17) is 11.6 Å². The Morgan fingerprint density at radius 2 is 1.83 bits per heavy atom. The quantitative estimate of drug-likeness (QED) is 0.412. The fourth-order valence-corrected chi connectivity index (χ4v) is 5.16. The number of imidazole rings is 1. The van der Waals surface area contributed by atoms with E-state index in [1.54, 1.807) is 34.3 Å². The van der Waals surface area contributed by atoms with Crippen LogP contribution in [0, 0.1) is 18.7 Å². The maximum atomic E-state index is 13.9. The summed E-state index contributed by atoms with van der Waals surface area (Å²) in [4.78, 5) is 30.3. The van der Waals surface area contributed by atoms with Gasteiger partial charge < -0.3 is 5.32 Å². The van der Waals surface area contributed by atoms with Crippen molar-refractivity contribution in [2.75, 3.05) is 0 Å². The molecular formula is C27H26ClFN4O2. The molecule has 1 amide bonds. The minimum absolute atomic E-state index is 0.0717. The van der Waals surface area contributed by atoms with Crippen molar-refractivity contribution in [3.8, 4) is 5.69 Å². The molecule has 1 saturated carbocycles. The second kappa shape index (κ2) is 9.66. The highest BCUT2D eigenvalue weighted by Crippen LogP contribution is 2.28. The molecule has 0 bridgehead atoms. The first-order chi connectivity index (χ1) is 16.9. The molecule has 2 heterocycles. The number of para-hydroxylation sites is 2. The van der Waals surface area contributed by atoms with Crippen molar-refractivity contribution in [1.29, 1.82) is 0 Å². The maximum absolute atomic E-state index is 13.9. The Bertz CT molecular complexity index is 1450. The van der Waals surface area contributed by atoms with Gasteiger partial charge in [0.25, 0.3) is 5.91 Å². The molecule has 0 atom stereocenters. The molecular weight excluding hydrogens is 467 g/mol. The van der Waals surface area contributed by atoms with Gasteiger partial charge in [-0.15, -0.1) is 0 Å². The average Bonchev–Trinajstić information content (AvgIpc) is 3.13. The summed E-state index contributed by atoms with van der Waals surface area (Å²) in [6.45, 7) is 2.37. The number of carbonyl (C=O) groups excluding carboxylic acids is 1. The van der Waals surface area contributed by atoms with Crippen molar-refractivity contribution in [2.24, 2.45) is 5.92 Å². The van der Waals surface area contributed by atoms with E-state index >= 15 is 0 Å². The zero-order valence-corrected chi connectivity index (χ0v) is 20.1. The van der Waals surface area contributed by atoms with E-state index < -0.39 is 0 Å². The number of benzene rings is 2. The van der Waals surface area contributed by atoms with Crippen LogP contribution in [0.5, 0.6) is 0 Å². The number of hydrogen-bond donors (Lipinski definition) is 1. The van der Waals surface area contributed by atoms with Crippen LogP contribution in [0.3, 0.4) is 0 Å². The monoisotopic (exact) mass is 492 g/mol. The topological polar surface area (TPSA) is 68.9 Å². The number of carbonyl (C=O) groups is 1. The van der Waals surface area contributed by atoms with Crippen molar-refractivity contribution < 1.29 is 9.18 Å². The molecule has 2 aromatic carbocycles. The highest BCUT2D eigenvalue weighted by atomic mass is 35.5. The Kier molecular flexibility index (Phi) is 6.43. The summed E-state index contributed by atoms with van der Waals surface area (Å²) in [6, 6.07) is 15.4. The Balaban J connectivity index is 1.31. The third-order valence-corrected chi connectivity index (χ3v) is 7.03. The summed E-state index contributed by atoms with van der Waals surface area (Å²) < 4.78 is 17.3. The summed E-state index contributed by atoms with van der Waals surface area (Å²) in [5, 5.41) is 3.55. The smallest absolute Gasteiger partial charge is 0.333 e. The summed E-state index contributed by atoms with van der Waals surface area (Å²) >= 11 is 6.01. The Morgan fingerprint density at radius 1 is 1.09 bits per heavy atom. The predicted octanol–water partition coefficient (Wildman–Crippen LogP) is 5.28. The number of aromatic nitrogens is 3. The molecule has 1 aliphatic rings. The second-order valence-corrected chi connectivity index (χ2v) is 9.61. The van der Waals surface area contributed by atoms with Crippen LogP contribution in [0.25, 0.3) is 16.7 Å². The van der Waals surface area contributed by atoms with Crippen LogP contribution in [0.2, 0.25) is 5.02 Å². The normalized spacial score (nSPS) is 18.0. The van der Waals surface area contributed by atoms with E-state index in [0.29, 0.717) is 34.4 Å². The third-order valence-electron chi connectivity index (χ3n) is 6.82. The van der Waals surface area contributed by atoms with E-state index in [-0.39, 0.29) is 23.5 Å². The Hall–Kier alpha value is -3.45. The van der Waals surface area contributed by atoms with Gasteiger partial charge in [0.1, 0.15) is 5.82 Å². The van der Waals surface area contributed by atoms with Gasteiger partial charge >= 0.3 is 5.69 Å². The number of rotatable bonds is 5. The molecule has 0 spiro atoms. The number of nitrogens with zero attached hydrogens (tertiary/aromatic N) is 3.